The number of carbonyl (C=O) groups is 2. The molecular weight excluding hydrogens is 434 g/mol. The molecule has 9 heteroatoms. The van der Waals surface area contributed by atoms with Crippen molar-refractivity contribution in [2.24, 2.45) is 0 Å². The minimum Gasteiger partial charge on any atom is -0.274 e. The lowest BCUT2D eigenvalue weighted by Gasteiger charge is -2.20. The van der Waals surface area contributed by atoms with Gasteiger partial charge in [0.05, 0.1) is 11.4 Å². The van der Waals surface area contributed by atoms with Gasteiger partial charge in [0.25, 0.3) is 0 Å². The summed E-state index contributed by atoms with van der Waals surface area (Å²) in [7, 11) is -4.05. The molecule has 0 saturated carbocycles. The fraction of sp³-hybridized carbons (Fsp3) is 0.227. The van der Waals surface area contributed by atoms with Crippen LogP contribution in [0.3, 0.4) is 0 Å². The lowest BCUT2D eigenvalue weighted by molar-refractivity contribution is -0.124. The zero-order valence-electron chi connectivity index (χ0n) is 17.7. The molecule has 0 N–H and O–H groups in total. The molecular formula is C22H23N3O4S2. The van der Waals surface area contributed by atoms with E-state index in [1.807, 2.05) is 31.2 Å². The largest absolute Gasteiger partial charge is 0.274 e. The molecule has 3 rings (SSSR count). The first kappa shape index (κ1) is 22.8. The quantitative estimate of drug-likeness (QED) is 0.525. The van der Waals surface area contributed by atoms with E-state index in [9.17, 15) is 18.0 Å². The van der Waals surface area contributed by atoms with Crippen LogP contribution in [0.25, 0.3) is 0 Å². The second-order valence-electron chi connectivity index (χ2n) is 7.00. The molecule has 0 fully saturated rings. The molecule has 7 nitrogen and oxygen atoms in total. The number of aromatic nitrogens is 2. The highest BCUT2D eigenvalue weighted by atomic mass is 32.2. The van der Waals surface area contributed by atoms with Crippen LogP contribution in [0.2, 0.25) is 0 Å². The zero-order chi connectivity index (χ0) is 22.8. The molecule has 0 bridgehead atoms. The highest BCUT2D eigenvalue weighted by Gasteiger charge is 2.35. The highest BCUT2D eigenvalue weighted by Crippen LogP contribution is 2.38. The molecule has 0 aliphatic carbocycles. The maximum absolute atomic E-state index is 13.6. The smallest absolute Gasteiger partial charge is 0.231 e. The Hall–Kier alpha value is -2.91. The van der Waals surface area contributed by atoms with Crippen LogP contribution in [-0.4, -0.2) is 36.3 Å². The number of carbonyl (C=O) groups excluding carboxylic acids is 2. The van der Waals surface area contributed by atoms with Gasteiger partial charge in [-0.1, -0.05) is 48.0 Å². The number of anilines is 1. The summed E-state index contributed by atoms with van der Waals surface area (Å²) in [5.74, 6) is -1.22. The van der Waals surface area contributed by atoms with Crippen LogP contribution < -0.4 is 4.90 Å². The number of amides is 2. The molecule has 31 heavy (non-hydrogen) atoms. The monoisotopic (exact) mass is 457 g/mol. The zero-order valence-corrected chi connectivity index (χ0v) is 19.3. The van der Waals surface area contributed by atoms with Crippen molar-refractivity contribution in [3.05, 3.63) is 65.7 Å². The van der Waals surface area contributed by atoms with Gasteiger partial charge in [-0.15, -0.1) is 11.8 Å². The van der Waals surface area contributed by atoms with E-state index in [2.05, 4.69) is 5.10 Å². The van der Waals surface area contributed by atoms with Crippen LogP contribution in [-0.2, 0) is 26.0 Å². The maximum Gasteiger partial charge on any atom is 0.231 e. The number of nitrogens with zero attached hydrogens (tertiary/aromatic N) is 3. The van der Waals surface area contributed by atoms with Gasteiger partial charge in [-0.2, -0.15) is 5.10 Å². The molecule has 3 aromatic rings. The van der Waals surface area contributed by atoms with Crippen molar-refractivity contribution in [2.45, 2.75) is 42.1 Å². The van der Waals surface area contributed by atoms with Gasteiger partial charge in [0.15, 0.2) is 5.82 Å². The van der Waals surface area contributed by atoms with Crippen LogP contribution in [0.5, 0.6) is 0 Å². The number of imide groups is 1. The lowest BCUT2D eigenvalue weighted by atomic mass is 10.1. The Morgan fingerprint density at radius 2 is 1.68 bits per heavy atom. The first-order valence-electron chi connectivity index (χ1n) is 9.48. The molecule has 162 valence electrons. The van der Waals surface area contributed by atoms with E-state index in [0.29, 0.717) is 0 Å². The van der Waals surface area contributed by atoms with Crippen LogP contribution >= 0.6 is 11.8 Å². The summed E-state index contributed by atoms with van der Waals surface area (Å²) in [6.45, 7) is 4.60. The highest BCUT2D eigenvalue weighted by molar-refractivity contribution is 7.99. The number of hydrogen-bond acceptors (Lipinski definition) is 6. The Kier molecular flexibility index (Phi) is 6.66. The van der Waals surface area contributed by atoms with E-state index >= 15 is 0 Å². The van der Waals surface area contributed by atoms with E-state index in [1.165, 1.54) is 30.7 Å². The van der Waals surface area contributed by atoms with Gasteiger partial charge in [0, 0.05) is 13.8 Å². The molecule has 2 amide bonds. The third kappa shape index (κ3) is 4.57. The summed E-state index contributed by atoms with van der Waals surface area (Å²) in [5, 5.41) is 4.71. The van der Waals surface area contributed by atoms with E-state index in [4.69, 9.17) is 0 Å². The Labute approximate surface area is 186 Å². The second-order valence-corrected chi connectivity index (χ2v) is 9.68. The normalized spacial score (nSPS) is 11.4. The predicted octanol–water partition coefficient (Wildman–Crippen LogP) is 3.69. The van der Waals surface area contributed by atoms with Gasteiger partial charge < -0.3 is 0 Å². The van der Waals surface area contributed by atoms with Gasteiger partial charge in [-0.25, -0.2) is 18.0 Å². The number of rotatable bonds is 6. The van der Waals surface area contributed by atoms with Crippen LogP contribution in [0.4, 0.5) is 5.82 Å². The van der Waals surface area contributed by atoms with Gasteiger partial charge in [-0.3, -0.25) is 9.59 Å². The molecule has 0 spiro atoms. The van der Waals surface area contributed by atoms with Crippen molar-refractivity contribution in [2.75, 3.05) is 11.2 Å². The van der Waals surface area contributed by atoms with E-state index < -0.39 is 21.7 Å². The average Bonchev–Trinajstić information content (AvgIpc) is 3.06. The molecule has 2 aromatic carbocycles. The molecule has 0 unspecified atom stereocenters. The fourth-order valence-corrected chi connectivity index (χ4v) is 5.83. The Bertz CT molecular complexity index is 1220. The van der Waals surface area contributed by atoms with Crippen molar-refractivity contribution in [1.29, 1.82) is 0 Å². The van der Waals surface area contributed by atoms with Gasteiger partial charge >= 0.3 is 0 Å². The molecule has 0 radical (unpaired) electrons. The Balaban J connectivity index is 2.32. The van der Waals surface area contributed by atoms with Gasteiger partial charge in [0.1, 0.15) is 9.92 Å². The summed E-state index contributed by atoms with van der Waals surface area (Å²) in [4.78, 5) is 25.6. The molecule has 0 aliphatic rings. The van der Waals surface area contributed by atoms with Crippen molar-refractivity contribution in [3.63, 3.8) is 0 Å². The summed E-state index contributed by atoms with van der Waals surface area (Å²) in [6, 6.07) is 15.6. The standard InChI is InChI=1S/C22H23N3O4S2/c1-15-9-8-10-18(13-15)14-24-22(25(16(2)26)17(3)27)20(21(23-24)30-4)31(28,29)19-11-6-5-7-12-19/h5-13H,14H2,1-4H3. The number of hydrogen-bond donors (Lipinski definition) is 0. The summed E-state index contributed by atoms with van der Waals surface area (Å²) >= 11 is 1.15. The molecule has 1 heterocycles. The minimum absolute atomic E-state index is 0.0466. The third-order valence-corrected chi connectivity index (χ3v) is 7.23. The Morgan fingerprint density at radius 3 is 2.23 bits per heavy atom. The predicted molar refractivity (Wildman–Crippen MR) is 120 cm³/mol. The topological polar surface area (TPSA) is 89.3 Å². The summed E-state index contributed by atoms with van der Waals surface area (Å²) in [6.07, 6.45) is 1.71. The summed E-state index contributed by atoms with van der Waals surface area (Å²) < 4.78 is 28.6. The van der Waals surface area contributed by atoms with Crippen molar-refractivity contribution < 1.29 is 18.0 Å². The van der Waals surface area contributed by atoms with E-state index in [0.717, 1.165) is 27.8 Å². The van der Waals surface area contributed by atoms with Crippen LogP contribution in [0.15, 0.2) is 69.4 Å². The maximum atomic E-state index is 13.6. The first-order valence-corrected chi connectivity index (χ1v) is 12.2. The second kappa shape index (κ2) is 9.07. The third-order valence-electron chi connectivity index (χ3n) is 4.63. The van der Waals surface area contributed by atoms with Gasteiger partial charge in [-0.05, 0) is 30.9 Å². The molecule has 0 atom stereocenters. The molecule has 1 aromatic heterocycles. The number of benzene rings is 2. The van der Waals surface area contributed by atoms with Crippen molar-refractivity contribution >= 4 is 39.2 Å². The van der Waals surface area contributed by atoms with E-state index in [-0.39, 0.29) is 27.2 Å². The number of thioether (sulfide) groups is 1. The summed E-state index contributed by atoms with van der Waals surface area (Å²) in [5.41, 5.74) is 1.90. The molecule has 0 saturated heterocycles. The fourth-order valence-electron chi connectivity index (χ4n) is 3.33. The van der Waals surface area contributed by atoms with Crippen molar-refractivity contribution in [1.82, 2.24) is 9.78 Å². The van der Waals surface area contributed by atoms with Crippen molar-refractivity contribution in [3.8, 4) is 0 Å². The minimum atomic E-state index is -4.05. The van der Waals surface area contributed by atoms with Crippen LogP contribution in [0.1, 0.15) is 25.0 Å². The first-order chi connectivity index (χ1) is 14.7. The lowest BCUT2D eigenvalue weighted by Crippen LogP contribution is -2.36. The van der Waals surface area contributed by atoms with E-state index in [1.54, 1.807) is 24.5 Å². The van der Waals surface area contributed by atoms with Crippen LogP contribution in [0, 0.1) is 6.92 Å². The van der Waals surface area contributed by atoms with Gasteiger partial charge in [0.2, 0.25) is 21.7 Å². The Morgan fingerprint density at radius 1 is 1.03 bits per heavy atom. The molecule has 0 aliphatic heterocycles. The average molecular weight is 458 g/mol. The number of sulfone groups is 1. The number of aryl methyl sites for hydroxylation is 1. The SMILES string of the molecule is CSc1nn(Cc2cccc(C)c2)c(N(C(C)=O)C(C)=O)c1S(=O)(=O)c1ccccc1.